The number of aliphatic hydroxyl groups excluding tert-OH is 1. The van der Waals surface area contributed by atoms with E-state index in [-0.39, 0.29) is 5.78 Å². The number of benzene rings is 1. The maximum atomic E-state index is 11.4. The van der Waals surface area contributed by atoms with Crippen LogP contribution in [0.25, 0.3) is 0 Å². The number of hydrogen-bond acceptors (Lipinski definition) is 2. The molecule has 0 saturated carbocycles. The van der Waals surface area contributed by atoms with Crippen LogP contribution in [0.3, 0.4) is 0 Å². The Morgan fingerprint density at radius 2 is 2.08 bits per heavy atom. The van der Waals surface area contributed by atoms with Crippen LogP contribution in [-0.4, -0.2) is 10.9 Å². The number of rotatable bonds is 0. The van der Waals surface area contributed by atoms with E-state index >= 15 is 0 Å². The summed E-state index contributed by atoms with van der Waals surface area (Å²) in [7, 11) is 0. The van der Waals surface area contributed by atoms with Gasteiger partial charge >= 0.3 is 0 Å². The van der Waals surface area contributed by atoms with Gasteiger partial charge in [-0.15, -0.1) is 0 Å². The highest BCUT2D eigenvalue weighted by molar-refractivity contribution is 6.12. The molecule has 0 amide bonds. The standard InChI is InChI=1S/C10H8O2/c11-6-8-5-7-3-1-2-4-9(7)10(8)12/h1-4,6,11H,5H2/b8-6+. The quantitative estimate of drug-likeness (QED) is 0.464. The first-order chi connectivity index (χ1) is 5.83. The Kier molecular flexibility index (Phi) is 1.47. The zero-order valence-electron chi connectivity index (χ0n) is 6.45. The summed E-state index contributed by atoms with van der Waals surface area (Å²) >= 11 is 0. The van der Waals surface area contributed by atoms with E-state index in [1.54, 1.807) is 6.07 Å². The molecule has 1 aromatic rings. The molecule has 0 heterocycles. The molecule has 2 nitrogen and oxygen atoms in total. The third-order valence-electron chi connectivity index (χ3n) is 2.09. The van der Waals surface area contributed by atoms with Crippen LogP contribution in [0.2, 0.25) is 0 Å². The molecule has 0 unspecified atom stereocenters. The smallest absolute Gasteiger partial charge is 0.192 e. The second-order valence-corrected chi connectivity index (χ2v) is 2.82. The van der Waals surface area contributed by atoms with Gasteiger partial charge in [-0.25, -0.2) is 0 Å². The molecule has 1 aliphatic rings. The summed E-state index contributed by atoms with van der Waals surface area (Å²) in [5, 5.41) is 8.73. The van der Waals surface area contributed by atoms with Crippen molar-refractivity contribution in [3.8, 4) is 0 Å². The maximum absolute atomic E-state index is 11.4. The number of carbonyl (C=O) groups excluding carboxylic acids is 1. The van der Waals surface area contributed by atoms with E-state index in [2.05, 4.69) is 0 Å². The first-order valence-electron chi connectivity index (χ1n) is 3.79. The van der Waals surface area contributed by atoms with Crippen LogP contribution in [0, 0.1) is 0 Å². The fourth-order valence-corrected chi connectivity index (χ4v) is 1.46. The molecule has 12 heavy (non-hydrogen) atoms. The van der Waals surface area contributed by atoms with Crippen molar-refractivity contribution in [2.75, 3.05) is 0 Å². The molecule has 0 saturated heterocycles. The minimum atomic E-state index is -0.0481. The van der Waals surface area contributed by atoms with Gasteiger partial charge < -0.3 is 5.11 Å². The van der Waals surface area contributed by atoms with Gasteiger partial charge in [0, 0.05) is 17.6 Å². The summed E-state index contributed by atoms with van der Waals surface area (Å²) in [4.78, 5) is 11.4. The number of Topliss-reactive ketones (excluding diaryl/α,β-unsaturated/α-hetero) is 1. The molecule has 1 aromatic carbocycles. The van der Waals surface area contributed by atoms with Crippen molar-refractivity contribution in [2.24, 2.45) is 0 Å². The van der Waals surface area contributed by atoms with Gasteiger partial charge in [-0.1, -0.05) is 24.3 Å². The summed E-state index contributed by atoms with van der Waals surface area (Å²) in [6.07, 6.45) is 1.47. The van der Waals surface area contributed by atoms with Crippen LogP contribution in [-0.2, 0) is 6.42 Å². The minimum absolute atomic E-state index is 0.0481. The van der Waals surface area contributed by atoms with Crippen LogP contribution in [0.15, 0.2) is 36.1 Å². The maximum Gasteiger partial charge on any atom is 0.192 e. The lowest BCUT2D eigenvalue weighted by Crippen LogP contribution is -1.94. The molecule has 0 fully saturated rings. The monoisotopic (exact) mass is 160 g/mol. The van der Waals surface area contributed by atoms with E-state index in [1.807, 2.05) is 18.2 Å². The Bertz CT molecular complexity index is 364. The van der Waals surface area contributed by atoms with Crippen molar-refractivity contribution in [2.45, 2.75) is 6.42 Å². The number of ketones is 1. The van der Waals surface area contributed by atoms with Crippen molar-refractivity contribution in [1.82, 2.24) is 0 Å². The van der Waals surface area contributed by atoms with Gasteiger partial charge in [-0.3, -0.25) is 4.79 Å². The highest BCUT2D eigenvalue weighted by atomic mass is 16.2. The van der Waals surface area contributed by atoms with E-state index in [1.165, 1.54) is 0 Å². The van der Waals surface area contributed by atoms with Gasteiger partial charge in [-0.05, 0) is 5.56 Å². The normalized spacial score (nSPS) is 18.3. The lowest BCUT2D eigenvalue weighted by atomic mass is 10.1. The fraction of sp³-hybridized carbons (Fsp3) is 0.100. The average Bonchev–Trinajstić information content (AvgIpc) is 2.44. The Morgan fingerprint density at radius 1 is 1.33 bits per heavy atom. The Balaban J connectivity index is 2.56. The Hall–Kier alpha value is -1.57. The van der Waals surface area contributed by atoms with E-state index in [0.717, 1.165) is 17.4 Å². The predicted octanol–water partition coefficient (Wildman–Crippen LogP) is 1.87. The van der Waals surface area contributed by atoms with Crippen LogP contribution in [0.5, 0.6) is 0 Å². The number of hydrogen-bond donors (Lipinski definition) is 1. The van der Waals surface area contributed by atoms with Crippen molar-refractivity contribution < 1.29 is 9.90 Å². The Morgan fingerprint density at radius 3 is 2.75 bits per heavy atom. The highest BCUT2D eigenvalue weighted by Gasteiger charge is 2.23. The second kappa shape index (κ2) is 2.48. The zero-order chi connectivity index (χ0) is 8.55. The van der Waals surface area contributed by atoms with E-state index < -0.39 is 0 Å². The topological polar surface area (TPSA) is 37.3 Å². The number of allylic oxidation sites excluding steroid dienone is 1. The minimum Gasteiger partial charge on any atom is -0.515 e. The Labute approximate surface area is 70.2 Å². The van der Waals surface area contributed by atoms with Crippen LogP contribution in [0.1, 0.15) is 15.9 Å². The average molecular weight is 160 g/mol. The van der Waals surface area contributed by atoms with Gasteiger partial charge in [0.1, 0.15) is 0 Å². The van der Waals surface area contributed by atoms with Gasteiger partial charge in [0.2, 0.25) is 0 Å². The lowest BCUT2D eigenvalue weighted by molar-refractivity contribution is 0.103. The summed E-state index contributed by atoms with van der Waals surface area (Å²) in [6, 6.07) is 7.42. The van der Waals surface area contributed by atoms with Crippen molar-refractivity contribution in [1.29, 1.82) is 0 Å². The van der Waals surface area contributed by atoms with Crippen LogP contribution in [0.4, 0.5) is 0 Å². The largest absolute Gasteiger partial charge is 0.515 e. The molecule has 0 atom stereocenters. The second-order valence-electron chi connectivity index (χ2n) is 2.82. The number of carbonyl (C=O) groups is 1. The van der Waals surface area contributed by atoms with Crippen molar-refractivity contribution in [3.05, 3.63) is 47.2 Å². The molecular weight excluding hydrogens is 152 g/mol. The van der Waals surface area contributed by atoms with Crippen molar-refractivity contribution in [3.63, 3.8) is 0 Å². The summed E-state index contributed by atoms with van der Waals surface area (Å²) in [5.74, 6) is -0.0481. The fourth-order valence-electron chi connectivity index (χ4n) is 1.46. The third-order valence-corrected chi connectivity index (χ3v) is 2.09. The SMILES string of the molecule is O=C1/C(=C/O)Cc2ccccc21. The number of fused-ring (bicyclic) bond motifs is 1. The molecule has 1 N–H and O–H groups in total. The molecule has 2 rings (SSSR count). The first-order valence-corrected chi connectivity index (χ1v) is 3.79. The molecule has 1 aliphatic carbocycles. The molecule has 0 aromatic heterocycles. The lowest BCUT2D eigenvalue weighted by Gasteiger charge is -1.91. The van der Waals surface area contributed by atoms with E-state index in [4.69, 9.17) is 5.11 Å². The predicted molar refractivity (Wildman–Crippen MR) is 45.2 cm³/mol. The molecular formula is C10H8O2. The molecule has 2 heteroatoms. The summed E-state index contributed by atoms with van der Waals surface area (Å²) in [5.41, 5.74) is 2.21. The third kappa shape index (κ3) is 0.848. The van der Waals surface area contributed by atoms with Crippen LogP contribution < -0.4 is 0 Å². The summed E-state index contributed by atoms with van der Waals surface area (Å²) < 4.78 is 0. The molecule has 60 valence electrons. The highest BCUT2D eigenvalue weighted by Crippen LogP contribution is 2.24. The van der Waals surface area contributed by atoms with Crippen molar-refractivity contribution >= 4 is 5.78 Å². The van der Waals surface area contributed by atoms with Gasteiger partial charge in [0.15, 0.2) is 5.78 Å². The van der Waals surface area contributed by atoms with Gasteiger partial charge in [0.25, 0.3) is 0 Å². The van der Waals surface area contributed by atoms with E-state index in [9.17, 15) is 4.79 Å². The van der Waals surface area contributed by atoms with E-state index in [0.29, 0.717) is 12.0 Å². The van der Waals surface area contributed by atoms with Gasteiger partial charge in [0.05, 0.1) is 6.26 Å². The zero-order valence-corrected chi connectivity index (χ0v) is 6.45. The molecule has 0 aliphatic heterocycles. The number of aliphatic hydroxyl groups is 1. The molecule has 0 bridgehead atoms. The van der Waals surface area contributed by atoms with Crippen LogP contribution >= 0.6 is 0 Å². The first kappa shape index (κ1) is 7.10. The summed E-state index contributed by atoms with van der Waals surface area (Å²) in [6.45, 7) is 0. The molecule has 0 spiro atoms. The molecule has 0 radical (unpaired) electrons. The van der Waals surface area contributed by atoms with Gasteiger partial charge in [-0.2, -0.15) is 0 Å².